The molecule has 2 nitrogen and oxygen atoms in total. The molecule has 1 saturated heterocycles. The molecule has 0 aromatic rings. The summed E-state index contributed by atoms with van der Waals surface area (Å²) in [5, 5.41) is 2.71. The number of methoxy groups -OCH3 is 1. The van der Waals surface area contributed by atoms with Gasteiger partial charge in [-0.3, -0.25) is 0 Å². The summed E-state index contributed by atoms with van der Waals surface area (Å²) in [5.74, 6) is -1.66. The number of hydrogen-bond donors (Lipinski definition) is 1. The number of nitrogens with one attached hydrogen (secondary N) is 1. The minimum atomic E-state index is -4.09. The topological polar surface area (TPSA) is 21.3 Å². The van der Waals surface area contributed by atoms with Crippen LogP contribution in [-0.4, -0.2) is 33.0 Å². The molecule has 0 spiro atoms. The van der Waals surface area contributed by atoms with Crippen LogP contribution in [0.25, 0.3) is 0 Å². The van der Waals surface area contributed by atoms with Crippen LogP contribution in [0.3, 0.4) is 0 Å². The van der Waals surface area contributed by atoms with E-state index in [-0.39, 0.29) is 13.2 Å². The van der Waals surface area contributed by atoms with Gasteiger partial charge in [0.15, 0.2) is 0 Å². The standard InChI is InChI=1S/C7H12F3NO/c1-12-4-5-2-11-3-6(5)7(8,9)10/h5-6,11H,2-4H2,1H3/t5-,6-/m1/s1. The predicted octanol–water partition coefficient (Wildman–Crippen LogP) is 1.03. The van der Waals surface area contributed by atoms with Crippen molar-refractivity contribution in [1.82, 2.24) is 5.32 Å². The van der Waals surface area contributed by atoms with Gasteiger partial charge in [0.1, 0.15) is 0 Å². The van der Waals surface area contributed by atoms with Crippen molar-refractivity contribution >= 4 is 0 Å². The molecule has 1 aliphatic rings. The molecule has 1 rings (SSSR count). The predicted molar refractivity (Wildman–Crippen MR) is 37.8 cm³/mol. The summed E-state index contributed by atoms with van der Waals surface area (Å²) < 4.78 is 41.4. The van der Waals surface area contributed by atoms with Crippen LogP contribution >= 0.6 is 0 Å². The summed E-state index contributed by atoms with van der Waals surface area (Å²) in [6.07, 6.45) is -4.09. The molecule has 12 heavy (non-hydrogen) atoms. The Balaban J connectivity index is 2.52. The Morgan fingerprint density at radius 2 is 2.08 bits per heavy atom. The van der Waals surface area contributed by atoms with Gasteiger partial charge in [-0.05, 0) is 0 Å². The maximum atomic E-state index is 12.2. The average Bonchev–Trinajstić information content (AvgIpc) is 2.34. The summed E-state index contributed by atoms with van der Waals surface area (Å²) in [6.45, 7) is 0.604. The van der Waals surface area contributed by atoms with Crippen LogP contribution in [0.2, 0.25) is 0 Å². The van der Waals surface area contributed by atoms with E-state index in [1.165, 1.54) is 7.11 Å². The summed E-state index contributed by atoms with van der Waals surface area (Å²) in [4.78, 5) is 0. The quantitative estimate of drug-likeness (QED) is 0.690. The molecule has 0 aromatic carbocycles. The van der Waals surface area contributed by atoms with E-state index >= 15 is 0 Å². The Bertz CT molecular complexity index is 148. The van der Waals surface area contributed by atoms with Gasteiger partial charge in [-0.2, -0.15) is 13.2 Å². The number of ether oxygens (including phenoxy) is 1. The van der Waals surface area contributed by atoms with Crippen molar-refractivity contribution in [2.45, 2.75) is 6.18 Å². The van der Waals surface area contributed by atoms with Gasteiger partial charge in [0, 0.05) is 26.1 Å². The molecule has 1 heterocycles. The van der Waals surface area contributed by atoms with Gasteiger partial charge in [0.05, 0.1) is 12.5 Å². The zero-order valence-electron chi connectivity index (χ0n) is 6.82. The van der Waals surface area contributed by atoms with E-state index in [1.54, 1.807) is 0 Å². The normalized spacial score (nSPS) is 31.0. The minimum absolute atomic E-state index is 0.0253. The zero-order chi connectivity index (χ0) is 9.19. The molecule has 0 unspecified atom stereocenters. The van der Waals surface area contributed by atoms with E-state index in [0.29, 0.717) is 6.54 Å². The highest BCUT2D eigenvalue weighted by atomic mass is 19.4. The first-order valence-corrected chi connectivity index (χ1v) is 3.82. The molecular formula is C7H12F3NO. The lowest BCUT2D eigenvalue weighted by molar-refractivity contribution is -0.182. The fourth-order valence-electron chi connectivity index (χ4n) is 1.51. The van der Waals surface area contributed by atoms with Crippen molar-refractivity contribution in [1.29, 1.82) is 0 Å². The molecule has 0 aliphatic carbocycles. The molecule has 5 heteroatoms. The molecule has 1 N–H and O–H groups in total. The summed E-state index contributed by atoms with van der Waals surface area (Å²) in [5.41, 5.74) is 0. The average molecular weight is 183 g/mol. The second kappa shape index (κ2) is 3.62. The van der Waals surface area contributed by atoms with Gasteiger partial charge in [-0.15, -0.1) is 0 Å². The van der Waals surface area contributed by atoms with E-state index in [2.05, 4.69) is 5.32 Å². The maximum Gasteiger partial charge on any atom is 0.393 e. The first-order chi connectivity index (χ1) is 5.55. The molecule has 0 saturated carbocycles. The minimum Gasteiger partial charge on any atom is -0.384 e. The third-order valence-corrected chi connectivity index (χ3v) is 2.14. The van der Waals surface area contributed by atoms with Crippen molar-refractivity contribution in [3.8, 4) is 0 Å². The van der Waals surface area contributed by atoms with E-state index < -0.39 is 18.0 Å². The third kappa shape index (κ3) is 2.10. The zero-order valence-corrected chi connectivity index (χ0v) is 6.82. The van der Waals surface area contributed by atoms with Gasteiger partial charge < -0.3 is 10.1 Å². The number of hydrogen-bond acceptors (Lipinski definition) is 2. The van der Waals surface area contributed by atoms with Crippen LogP contribution in [0.5, 0.6) is 0 Å². The van der Waals surface area contributed by atoms with Gasteiger partial charge in [-0.25, -0.2) is 0 Å². The fraction of sp³-hybridized carbons (Fsp3) is 1.00. The first-order valence-electron chi connectivity index (χ1n) is 3.82. The first kappa shape index (κ1) is 9.80. The Hall–Kier alpha value is -0.290. The van der Waals surface area contributed by atoms with Crippen LogP contribution in [0.1, 0.15) is 0 Å². The molecule has 0 aromatic heterocycles. The number of halogens is 3. The summed E-state index contributed by atoms with van der Waals surface area (Å²) in [6, 6.07) is 0. The summed E-state index contributed by atoms with van der Waals surface area (Å²) in [7, 11) is 1.42. The lowest BCUT2D eigenvalue weighted by atomic mass is 9.96. The second-order valence-corrected chi connectivity index (χ2v) is 3.02. The highest BCUT2D eigenvalue weighted by molar-refractivity contribution is 4.85. The van der Waals surface area contributed by atoms with E-state index in [9.17, 15) is 13.2 Å². The molecule has 0 bridgehead atoms. The fourth-order valence-corrected chi connectivity index (χ4v) is 1.51. The van der Waals surface area contributed by atoms with Crippen molar-refractivity contribution in [2.24, 2.45) is 11.8 Å². The van der Waals surface area contributed by atoms with E-state index in [4.69, 9.17) is 4.74 Å². The van der Waals surface area contributed by atoms with Crippen LogP contribution in [0.15, 0.2) is 0 Å². The Labute approximate surface area is 69.1 Å². The highest BCUT2D eigenvalue weighted by Crippen LogP contribution is 2.34. The summed E-state index contributed by atoms with van der Waals surface area (Å²) >= 11 is 0. The van der Waals surface area contributed by atoms with Gasteiger partial charge >= 0.3 is 6.18 Å². The van der Waals surface area contributed by atoms with Crippen molar-refractivity contribution in [2.75, 3.05) is 26.8 Å². The second-order valence-electron chi connectivity index (χ2n) is 3.02. The van der Waals surface area contributed by atoms with E-state index in [1.807, 2.05) is 0 Å². The molecular weight excluding hydrogens is 171 g/mol. The molecule has 1 aliphatic heterocycles. The van der Waals surface area contributed by atoms with Crippen LogP contribution in [0, 0.1) is 11.8 Å². The largest absolute Gasteiger partial charge is 0.393 e. The SMILES string of the molecule is COC[C@H]1CNC[C@H]1C(F)(F)F. The lowest BCUT2D eigenvalue weighted by Crippen LogP contribution is -2.31. The van der Waals surface area contributed by atoms with Crippen molar-refractivity contribution in [3.05, 3.63) is 0 Å². The lowest BCUT2D eigenvalue weighted by Gasteiger charge is -2.20. The van der Waals surface area contributed by atoms with Gasteiger partial charge in [0.2, 0.25) is 0 Å². The third-order valence-electron chi connectivity index (χ3n) is 2.14. The van der Waals surface area contributed by atoms with Crippen LogP contribution in [-0.2, 0) is 4.74 Å². The van der Waals surface area contributed by atoms with Gasteiger partial charge in [-0.1, -0.05) is 0 Å². The Morgan fingerprint density at radius 1 is 1.42 bits per heavy atom. The van der Waals surface area contributed by atoms with E-state index in [0.717, 1.165) is 0 Å². The number of alkyl halides is 3. The smallest absolute Gasteiger partial charge is 0.384 e. The number of rotatable bonds is 2. The molecule has 72 valence electrons. The molecule has 2 atom stereocenters. The van der Waals surface area contributed by atoms with Crippen LogP contribution < -0.4 is 5.32 Å². The monoisotopic (exact) mass is 183 g/mol. The molecule has 1 fully saturated rings. The highest BCUT2D eigenvalue weighted by Gasteiger charge is 2.46. The maximum absolute atomic E-state index is 12.2. The van der Waals surface area contributed by atoms with Crippen molar-refractivity contribution < 1.29 is 17.9 Å². The van der Waals surface area contributed by atoms with Crippen LogP contribution in [0.4, 0.5) is 13.2 Å². The van der Waals surface area contributed by atoms with Gasteiger partial charge in [0.25, 0.3) is 0 Å². The van der Waals surface area contributed by atoms with Crippen molar-refractivity contribution in [3.63, 3.8) is 0 Å². The molecule has 0 radical (unpaired) electrons. The molecule has 0 amide bonds. The Morgan fingerprint density at radius 3 is 2.58 bits per heavy atom. The Kier molecular flexibility index (Phi) is 2.95.